The van der Waals surface area contributed by atoms with Gasteiger partial charge in [-0.3, -0.25) is 0 Å². The van der Waals surface area contributed by atoms with E-state index in [1.54, 1.807) is 0 Å². The first kappa shape index (κ1) is 28.3. The third-order valence-corrected chi connectivity index (χ3v) is 9.85. The average Bonchev–Trinajstić information content (AvgIpc) is 3.65. The first-order valence-corrected chi connectivity index (χ1v) is 17.0. The number of rotatable bonds is 5. The summed E-state index contributed by atoms with van der Waals surface area (Å²) < 4.78 is 6.69. The number of oxazole rings is 1. The molecule has 0 saturated heterocycles. The number of para-hydroxylation sites is 1. The second-order valence-electron chi connectivity index (χ2n) is 12.7. The summed E-state index contributed by atoms with van der Waals surface area (Å²) in [5, 5.41) is 9.56. The first-order valence-electron chi connectivity index (χ1n) is 17.0. The van der Waals surface area contributed by atoms with Crippen molar-refractivity contribution in [2.45, 2.75) is 0 Å². The molecule has 0 aliphatic rings. The zero-order valence-electron chi connectivity index (χ0n) is 27.1. The maximum Gasteiger partial charge on any atom is 0.227 e. The van der Waals surface area contributed by atoms with Crippen LogP contribution in [0.25, 0.3) is 76.8 Å². The third kappa shape index (κ3) is 4.56. The molecule has 10 aromatic rings. The lowest BCUT2D eigenvalue weighted by Gasteiger charge is -2.26. The van der Waals surface area contributed by atoms with Gasteiger partial charge in [-0.2, -0.15) is 0 Å². The van der Waals surface area contributed by atoms with E-state index in [0.717, 1.165) is 44.5 Å². The molecule has 0 aliphatic carbocycles. The normalized spacial score (nSPS) is 11.6. The molecule has 0 atom stereocenters. The largest absolute Gasteiger partial charge is 0.435 e. The number of anilines is 3. The molecule has 0 unspecified atom stereocenters. The highest BCUT2D eigenvalue weighted by molar-refractivity contribution is 6.19. The van der Waals surface area contributed by atoms with Crippen molar-refractivity contribution in [3.05, 3.63) is 182 Å². The Morgan fingerprint density at radius 3 is 1.76 bits per heavy atom. The minimum absolute atomic E-state index is 0.606. The number of nitrogens with zero attached hydrogens (tertiary/aromatic N) is 2. The van der Waals surface area contributed by atoms with Gasteiger partial charge in [0, 0.05) is 22.3 Å². The molecule has 234 valence electrons. The van der Waals surface area contributed by atoms with E-state index in [1.165, 1.54) is 43.4 Å². The van der Waals surface area contributed by atoms with Crippen LogP contribution in [0.15, 0.2) is 186 Å². The molecule has 0 saturated carbocycles. The fourth-order valence-corrected chi connectivity index (χ4v) is 7.49. The van der Waals surface area contributed by atoms with Gasteiger partial charge in [0.25, 0.3) is 0 Å². The summed E-state index contributed by atoms with van der Waals surface area (Å²) in [6, 6.07) is 64.5. The SMILES string of the molecule is c1ccc(-c2nc3c(N(c4ccccc4)c4ccc(-c5cc6ccccc6c6ccccc56)cc4)cc4c5ccccc5ccc4c3o2)cc1. The van der Waals surface area contributed by atoms with E-state index in [0.29, 0.717) is 5.89 Å². The van der Waals surface area contributed by atoms with E-state index in [4.69, 9.17) is 9.40 Å². The van der Waals surface area contributed by atoms with Crippen LogP contribution < -0.4 is 4.90 Å². The fraction of sp³-hybridized carbons (Fsp3) is 0. The Morgan fingerprint density at radius 1 is 0.400 bits per heavy atom. The lowest BCUT2D eigenvalue weighted by molar-refractivity contribution is 0.623. The number of benzene rings is 9. The zero-order valence-corrected chi connectivity index (χ0v) is 27.1. The van der Waals surface area contributed by atoms with Gasteiger partial charge < -0.3 is 9.32 Å². The van der Waals surface area contributed by atoms with Gasteiger partial charge in [-0.1, -0.05) is 127 Å². The minimum Gasteiger partial charge on any atom is -0.435 e. The van der Waals surface area contributed by atoms with Gasteiger partial charge in [0.05, 0.1) is 5.69 Å². The van der Waals surface area contributed by atoms with Crippen molar-refractivity contribution in [2.24, 2.45) is 0 Å². The van der Waals surface area contributed by atoms with Crippen LogP contribution in [0, 0.1) is 0 Å². The van der Waals surface area contributed by atoms with Gasteiger partial charge in [0.15, 0.2) is 5.58 Å². The van der Waals surface area contributed by atoms with Crippen LogP contribution in [0.5, 0.6) is 0 Å². The Bertz CT molecular complexity index is 2860. The summed E-state index contributed by atoms with van der Waals surface area (Å²) in [4.78, 5) is 7.51. The van der Waals surface area contributed by atoms with Crippen LogP contribution in [0.2, 0.25) is 0 Å². The molecule has 1 aromatic heterocycles. The molecule has 3 heteroatoms. The standard InChI is InChI=1S/C47H30N2O/c1-3-14-33(15-4-1)47-48-45-44(30-43-37-19-9-7-13-31(37)25-28-41(43)46(45)50-47)49(35-17-5-2-6-18-35)36-26-23-32(24-27-36)42-29-34-16-8-10-20-38(34)39-21-11-12-22-40(39)42/h1-30H. The van der Waals surface area contributed by atoms with E-state index in [-0.39, 0.29) is 0 Å². The molecule has 1 heterocycles. The second-order valence-corrected chi connectivity index (χ2v) is 12.7. The lowest BCUT2D eigenvalue weighted by Crippen LogP contribution is -2.10. The molecule has 0 fully saturated rings. The van der Waals surface area contributed by atoms with E-state index >= 15 is 0 Å². The van der Waals surface area contributed by atoms with Crippen molar-refractivity contribution < 1.29 is 4.42 Å². The van der Waals surface area contributed by atoms with Crippen LogP contribution in [0.4, 0.5) is 17.1 Å². The maximum absolute atomic E-state index is 6.69. The second kappa shape index (κ2) is 11.5. The molecule has 0 radical (unpaired) electrons. The van der Waals surface area contributed by atoms with Crippen molar-refractivity contribution in [1.82, 2.24) is 4.98 Å². The summed E-state index contributed by atoms with van der Waals surface area (Å²) in [5.74, 6) is 0.606. The Labute approximate surface area is 289 Å². The highest BCUT2D eigenvalue weighted by atomic mass is 16.3. The van der Waals surface area contributed by atoms with Gasteiger partial charge >= 0.3 is 0 Å². The molecule has 0 N–H and O–H groups in total. The molecule has 10 rings (SSSR count). The number of aromatic nitrogens is 1. The van der Waals surface area contributed by atoms with Crippen LogP contribution in [0.3, 0.4) is 0 Å². The third-order valence-electron chi connectivity index (χ3n) is 9.85. The summed E-state index contributed by atoms with van der Waals surface area (Å²) in [6.07, 6.45) is 0. The van der Waals surface area contributed by atoms with Crippen LogP contribution in [-0.2, 0) is 0 Å². The number of hydrogen-bond acceptors (Lipinski definition) is 3. The highest BCUT2D eigenvalue weighted by Gasteiger charge is 2.23. The predicted molar refractivity (Wildman–Crippen MR) is 210 cm³/mol. The van der Waals surface area contributed by atoms with Gasteiger partial charge in [0.1, 0.15) is 5.52 Å². The van der Waals surface area contributed by atoms with Crippen LogP contribution in [-0.4, -0.2) is 4.98 Å². The minimum atomic E-state index is 0.606. The van der Waals surface area contributed by atoms with Crippen molar-refractivity contribution in [1.29, 1.82) is 0 Å². The van der Waals surface area contributed by atoms with Crippen molar-refractivity contribution in [3.8, 4) is 22.6 Å². The Hall–Kier alpha value is -6.71. The smallest absolute Gasteiger partial charge is 0.227 e. The Balaban J connectivity index is 1.21. The van der Waals surface area contributed by atoms with Crippen molar-refractivity contribution in [2.75, 3.05) is 4.90 Å². The monoisotopic (exact) mass is 638 g/mol. The quantitative estimate of drug-likeness (QED) is 0.176. The summed E-state index contributed by atoms with van der Waals surface area (Å²) in [6.45, 7) is 0. The molecular formula is C47H30N2O. The lowest BCUT2D eigenvalue weighted by atomic mass is 9.93. The predicted octanol–water partition coefficient (Wildman–Crippen LogP) is 13.2. The van der Waals surface area contributed by atoms with E-state index in [2.05, 4.69) is 157 Å². The molecule has 3 nitrogen and oxygen atoms in total. The molecule has 9 aromatic carbocycles. The molecule has 0 amide bonds. The fourth-order valence-electron chi connectivity index (χ4n) is 7.49. The molecule has 0 bridgehead atoms. The Morgan fingerprint density at radius 2 is 1.00 bits per heavy atom. The van der Waals surface area contributed by atoms with E-state index < -0.39 is 0 Å². The number of fused-ring (bicyclic) bond motifs is 8. The average molecular weight is 639 g/mol. The van der Waals surface area contributed by atoms with E-state index in [1.807, 2.05) is 30.3 Å². The highest BCUT2D eigenvalue weighted by Crippen LogP contribution is 2.45. The molecular weight excluding hydrogens is 609 g/mol. The van der Waals surface area contributed by atoms with E-state index in [9.17, 15) is 0 Å². The number of hydrogen-bond donors (Lipinski definition) is 0. The van der Waals surface area contributed by atoms with Gasteiger partial charge in [-0.05, 0) is 103 Å². The van der Waals surface area contributed by atoms with Crippen molar-refractivity contribution >= 4 is 71.3 Å². The molecule has 0 spiro atoms. The topological polar surface area (TPSA) is 29.3 Å². The van der Waals surface area contributed by atoms with Gasteiger partial charge in [-0.25, -0.2) is 4.98 Å². The summed E-state index contributed by atoms with van der Waals surface area (Å²) in [5.41, 5.74) is 7.98. The van der Waals surface area contributed by atoms with Gasteiger partial charge in [-0.15, -0.1) is 0 Å². The molecule has 50 heavy (non-hydrogen) atoms. The van der Waals surface area contributed by atoms with Crippen molar-refractivity contribution in [3.63, 3.8) is 0 Å². The zero-order chi connectivity index (χ0) is 33.0. The van der Waals surface area contributed by atoms with Crippen LogP contribution in [0.1, 0.15) is 0 Å². The van der Waals surface area contributed by atoms with Crippen LogP contribution >= 0.6 is 0 Å². The maximum atomic E-state index is 6.69. The summed E-state index contributed by atoms with van der Waals surface area (Å²) in [7, 11) is 0. The Kier molecular flexibility index (Phi) is 6.49. The summed E-state index contributed by atoms with van der Waals surface area (Å²) >= 11 is 0. The van der Waals surface area contributed by atoms with Gasteiger partial charge in [0.2, 0.25) is 5.89 Å². The molecule has 0 aliphatic heterocycles. The first-order chi connectivity index (χ1) is 24.8.